The molecule has 0 fully saturated rings. The second kappa shape index (κ2) is 13.9. The lowest BCUT2D eigenvalue weighted by molar-refractivity contribution is 0.767. The summed E-state index contributed by atoms with van der Waals surface area (Å²) in [5, 5.41) is 3.53. The van der Waals surface area contributed by atoms with Crippen molar-refractivity contribution in [3.05, 3.63) is 201 Å². The van der Waals surface area contributed by atoms with Crippen LogP contribution >= 0.6 is 0 Å². The Morgan fingerprint density at radius 1 is 0.680 bits per heavy atom. The van der Waals surface area contributed by atoms with Crippen molar-refractivity contribution in [3.63, 3.8) is 0 Å². The average Bonchev–Trinajstić information content (AvgIpc) is 3.44. The highest BCUT2D eigenvalue weighted by molar-refractivity contribution is 6.64. The van der Waals surface area contributed by atoms with Gasteiger partial charge < -0.3 is 0 Å². The third-order valence-corrected chi connectivity index (χ3v) is 12.2. The largest absolute Gasteiger partial charge is 0.0991 e. The van der Waals surface area contributed by atoms with Crippen molar-refractivity contribution in [1.29, 1.82) is 0 Å². The third-order valence-electron chi connectivity index (χ3n) is 10.5. The van der Waals surface area contributed by atoms with Gasteiger partial charge in [-0.2, -0.15) is 0 Å². The molecule has 0 N–H and O–H groups in total. The first-order valence-corrected chi connectivity index (χ1v) is 20.3. The SMILES string of the molecule is C=C/C=C\C(=C/CC)c1ccccc1C1(c2ccccc2-c2ccc(=C)c(=C)c2)c2ccccc2-c2ccc(C3=CC=C([Si](C)C)CC3)cc21. The summed E-state index contributed by atoms with van der Waals surface area (Å²) < 4.78 is 0. The first kappa shape index (κ1) is 33.3. The number of benzene rings is 5. The van der Waals surface area contributed by atoms with Gasteiger partial charge in [0.05, 0.1) is 14.2 Å². The second-order valence-electron chi connectivity index (χ2n) is 13.7. The standard InChI is InChI=1S/C49H45Si/c1-7-9-17-37(16-8-2)41-18-10-13-21-45(41)49(46-22-14-11-19-42(46)39-25-24-34(3)35(4)32-39)47-23-15-12-20-43(47)44-31-28-38(33-48(44)49)36-26-29-40(30-27-36)50(5)6/h7,9-26,28-29,31-33H,1,3-4,8,27,30H2,2,5-6H3/b17-9-,37-16+. The van der Waals surface area contributed by atoms with Crippen LogP contribution in [0.2, 0.25) is 13.1 Å². The molecule has 0 saturated heterocycles. The van der Waals surface area contributed by atoms with E-state index >= 15 is 0 Å². The summed E-state index contributed by atoms with van der Waals surface area (Å²) in [5.74, 6) is 0. The van der Waals surface area contributed by atoms with E-state index in [1.54, 1.807) is 5.20 Å². The third kappa shape index (κ3) is 5.66. The highest BCUT2D eigenvalue weighted by Crippen LogP contribution is 2.59. The van der Waals surface area contributed by atoms with Gasteiger partial charge >= 0.3 is 0 Å². The quantitative estimate of drug-likeness (QED) is 0.107. The van der Waals surface area contributed by atoms with E-state index in [0.717, 1.165) is 35.3 Å². The van der Waals surface area contributed by atoms with Gasteiger partial charge in [-0.15, -0.1) is 0 Å². The predicted octanol–water partition coefficient (Wildman–Crippen LogP) is 11.5. The molecule has 0 aliphatic heterocycles. The summed E-state index contributed by atoms with van der Waals surface area (Å²) >= 11 is 0. The first-order chi connectivity index (χ1) is 24.4. The van der Waals surface area contributed by atoms with E-state index in [1.807, 2.05) is 6.08 Å². The fraction of sp³-hybridized carbons (Fsp3) is 0.143. The molecule has 1 unspecified atom stereocenters. The number of hydrogen-bond donors (Lipinski definition) is 0. The van der Waals surface area contributed by atoms with E-state index in [9.17, 15) is 0 Å². The lowest BCUT2D eigenvalue weighted by Gasteiger charge is -2.37. The normalized spacial score (nSPS) is 17.0. The Morgan fingerprint density at radius 2 is 1.34 bits per heavy atom. The van der Waals surface area contributed by atoms with E-state index in [0.29, 0.717) is 0 Å². The van der Waals surface area contributed by atoms with Gasteiger partial charge in [0, 0.05) is 0 Å². The van der Waals surface area contributed by atoms with Crippen molar-refractivity contribution < 1.29 is 0 Å². The van der Waals surface area contributed by atoms with Crippen LogP contribution in [0, 0.1) is 0 Å². The fourth-order valence-electron chi connectivity index (χ4n) is 8.08. The number of hydrogen-bond acceptors (Lipinski definition) is 0. The number of fused-ring (bicyclic) bond motifs is 3. The van der Waals surface area contributed by atoms with Crippen molar-refractivity contribution >= 4 is 33.1 Å². The fourth-order valence-corrected chi connectivity index (χ4v) is 9.12. The maximum Gasteiger partial charge on any atom is 0.0737 e. The van der Waals surface area contributed by atoms with Gasteiger partial charge in [0.25, 0.3) is 0 Å². The van der Waals surface area contributed by atoms with Gasteiger partial charge in [-0.05, 0) is 109 Å². The van der Waals surface area contributed by atoms with Crippen LogP contribution in [-0.4, -0.2) is 8.80 Å². The summed E-state index contributed by atoms with van der Waals surface area (Å²) in [4.78, 5) is 0. The molecule has 5 aromatic carbocycles. The zero-order valence-corrected chi connectivity index (χ0v) is 30.6. The smallest absolute Gasteiger partial charge is 0.0737 e. The molecular formula is C49H45Si. The minimum absolute atomic E-state index is 0.444. The van der Waals surface area contributed by atoms with Crippen LogP contribution in [0.4, 0.5) is 0 Å². The summed E-state index contributed by atoms with van der Waals surface area (Å²) in [6.45, 7) is 19.6. The van der Waals surface area contributed by atoms with Gasteiger partial charge in [0.2, 0.25) is 0 Å². The molecule has 0 saturated carbocycles. The molecule has 5 aromatic rings. The average molecular weight is 662 g/mol. The van der Waals surface area contributed by atoms with Crippen LogP contribution in [0.1, 0.15) is 59.6 Å². The minimum Gasteiger partial charge on any atom is -0.0991 e. The van der Waals surface area contributed by atoms with E-state index < -0.39 is 14.2 Å². The molecule has 1 atom stereocenters. The molecule has 0 nitrogen and oxygen atoms in total. The molecule has 2 aliphatic rings. The van der Waals surface area contributed by atoms with Crippen LogP contribution in [0.3, 0.4) is 0 Å². The molecule has 0 heterocycles. The summed E-state index contributed by atoms with van der Waals surface area (Å²) in [5.41, 5.74) is 14.7. The maximum absolute atomic E-state index is 4.35. The van der Waals surface area contributed by atoms with Crippen molar-refractivity contribution in [2.24, 2.45) is 0 Å². The summed E-state index contributed by atoms with van der Waals surface area (Å²) in [7, 11) is -0.444. The molecule has 0 amide bonds. The van der Waals surface area contributed by atoms with Crippen molar-refractivity contribution in [3.8, 4) is 22.3 Å². The molecule has 1 radical (unpaired) electrons. The lowest BCUT2D eigenvalue weighted by Crippen LogP contribution is -2.31. The Labute approximate surface area is 300 Å². The molecule has 2 aliphatic carbocycles. The summed E-state index contributed by atoms with van der Waals surface area (Å²) in [6, 6.07) is 40.9. The van der Waals surface area contributed by atoms with E-state index in [1.165, 1.54) is 61.2 Å². The molecule has 0 aromatic heterocycles. The van der Waals surface area contributed by atoms with Gasteiger partial charge in [0.15, 0.2) is 0 Å². The molecule has 0 spiro atoms. The highest BCUT2D eigenvalue weighted by atomic mass is 28.3. The number of allylic oxidation sites excluding steroid dienone is 9. The van der Waals surface area contributed by atoms with Crippen LogP contribution in [0.5, 0.6) is 0 Å². The summed E-state index contributed by atoms with van der Waals surface area (Å²) in [6.07, 6.45) is 16.4. The Balaban J connectivity index is 1.63. The lowest BCUT2D eigenvalue weighted by atomic mass is 9.64. The zero-order valence-electron chi connectivity index (χ0n) is 29.6. The van der Waals surface area contributed by atoms with Gasteiger partial charge in [-0.1, -0.05) is 178 Å². The highest BCUT2D eigenvalue weighted by Gasteiger charge is 2.48. The van der Waals surface area contributed by atoms with Crippen molar-refractivity contribution in [2.75, 3.05) is 0 Å². The molecule has 1 heteroatoms. The maximum atomic E-state index is 4.35. The monoisotopic (exact) mass is 661 g/mol. The van der Waals surface area contributed by atoms with E-state index in [2.05, 4.69) is 179 Å². The van der Waals surface area contributed by atoms with Gasteiger partial charge in [-0.3, -0.25) is 0 Å². The van der Waals surface area contributed by atoms with Gasteiger partial charge in [0.1, 0.15) is 0 Å². The zero-order chi connectivity index (χ0) is 34.8. The van der Waals surface area contributed by atoms with Crippen LogP contribution < -0.4 is 10.4 Å². The Hall–Kier alpha value is -5.24. The Bertz CT molecular complexity index is 2340. The van der Waals surface area contributed by atoms with Crippen LogP contribution in [0.25, 0.3) is 46.6 Å². The predicted molar refractivity (Wildman–Crippen MR) is 220 cm³/mol. The molecule has 245 valence electrons. The minimum atomic E-state index is -0.603. The van der Waals surface area contributed by atoms with Crippen LogP contribution in [0.15, 0.2) is 157 Å². The first-order valence-electron chi connectivity index (χ1n) is 17.8. The molecule has 7 rings (SSSR count). The molecule has 50 heavy (non-hydrogen) atoms. The topological polar surface area (TPSA) is 0 Å². The molecular weight excluding hydrogens is 617 g/mol. The van der Waals surface area contributed by atoms with Crippen LogP contribution in [-0.2, 0) is 5.41 Å². The number of rotatable bonds is 9. The van der Waals surface area contributed by atoms with E-state index in [4.69, 9.17) is 0 Å². The van der Waals surface area contributed by atoms with Crippen molar-refractivity contribution in [1.82, 2.24) is 0 Å². The Kier molecular flexibility index (Phi) is 9.27. The Morgan fingerprint density at radius 3 is 2.02 bits per heavy atom. The van der Waals surface area contributed by atoms with Gasteiger partial charge in [-0.25, -0.2) is 0 Å². The molecule has 0 bridgehead atoms. The second-order valence-corrected chi connectivity index (χ2v) is 16.3. The van der Waals surface area contributed by atoms with E-state index in [-0.39, 0.29) is 0 Å². The van der Waals surface area contributed by atoms with Crippen molar-refractivity contribution in [2.45, 2.75) is 44.7 Å².